The number of anilines is 1. The van der Waals surface area contributed by atoms with Crippen molar-refractivity contribution in [2.45, 2.75) is 25.4 Å². The summed E-state index contributed by atoms with van der Waals surface area (Å²) in [7, 11) is 3.80. The van der Waals surface area contributed by atoms with Crippen LogP contribution in [0.15, 0.2) is 12.3 Å². The van der Waals surface area contributed by atoms with Crippen LogP contribution in [0, 0.1) is 0 Å². The first-order valence-corrected chi connectivity index (χ1v) is 8.60. The lowest BCUT2D eigenvalue weighted by Crippen LogP contribution is -2.43. The fraction of sp³-hybridized carbons (Fsp3) is 0.529. The number of fused-ring (bicyclic) bond motifs is 1. The number of aryl methyl sites for hydroxylation is 1. The van der Waals surface area contributed by atoms with Crippen LogP contribution in [0.25, 0.3) is 0 Å². The number of H-pyrrole nitrogens is 1. The van der Waals surface area contributed by atoms with Crippen LogP contribution >= 0.6 is 0 Å². The first kappa shape index (κ1) is 16.0. The second-order valence-electron chi connectivity index (χ2n) is 6.67. The molecule has 1 N–H and O–H groups in total. The molecular formula is C17H22N6O2. The fourth-order valence-electron chi connectivity index (χ4n) is 3.42. The summed E-state index contributed by atoms with van der Waals surface area (Å²) >= 11 is 0. The van der Waals surface area contributed by atoms with E-state index in [4.69, 9.17) is 4.74 Å². The lowest BCUT2D eigenvalue weighted by atomic mass is 10.1. The molecule has 0 bridgehead atoms. The van der Waals surface area contributed by atoms with Crippen LogP contribution in [0.4, 0.5) is 5.95 Å². The molecule has 0 spiro atoms. The number of aromatic nitrogens is 4. The molecule has 0 saturated carbocycles. The summed E-state index contributed by atoms with van der Waals surface area (Å²) in [5, 5.41) is 7.27. The van der Waals surface area contributed by atoms with E-state index in [0.717, 1.165) is 36.2 Å². The van der Waals surface area contributed by atoms with Gasteiger partial charge in [-0.15, -0.1) is 0 Å². The monoisotopic (exact) mass is 342 g/mol. The molecule has 0 radical (unpaired) electrons. The Kier molecular flexibility index (Phi) is 4.12. The van der Waals surface area contributed by atoms with Crippen LogP contribution < -0.4 is 4.90 Å². The molecule has 3 heterocycles. The number of carbonyl (C=O) groups is 1. The molecule has 1 saturated heterocycles. The largest absolute Gasteiger partial charge is 0.368 e. The van der Waals surface area contributed by atoms with E-state index < -0.39 is 0 Å². The van der Waals surface area contributed by atoms with Crippen molar-refractivity contribution in [3.8, 4) is 0 Å². The molecule has 2 aromatic heterocycles. The average Bonchev–Trinajstić information content (AvgIpc) is 3.25. The maximum atomic E-state index is 12.9. The number of morpholine rings is 1. The lowest BCUT2D eigenvalue weighted by molar-refractivity contribution is -0.0249. The topological polar surface area (TPSA) is 87.2 Å². The number of hydrogen-bond acceptors (Lipinski definition) is 6. The van der Waals surface area contributed by atoms with Gasteiger partial charge in [-0.25, -0.2) is 9.97 Å². The molecule has 1 amide bonds. The van der Waals surface area contributed by atoms with Crippen molar-refractivity contribution in [3.05, 3.63) is 34.9 Å². The molecule has 1 aliphatic carbocycles. The summed E-state index contributed by atoms with van der Waals surface area (Å²) in [5.41, 5.74) is 3.57. The Morgan fingerprint density at radius 3 is 3.12 bits per heavy atom. The van der Waals surface area contributed by atoms with Gasteiger partial charge < -0.3 is 14.5 Å². The van der Waals surface area contributed by atoms with Crippen LogP contribution in [0.3, 0.4) is 0 Å². The smallest absolute Gasteiger partial charge is 0.274 e. The van der Waals surface area contributed by atoms with Gasteiger partial charge >= 0.3 is 0 Å². The first-order valence-electron chi connectivity index (χ1n) is 8.60. The maximum absolute atomic E-state index is 12.9. The predicted molar refractivity (Wildman–Crippen MR) is 91.6 cm³/mol. The van der Waals surface area contributed by atoms with E-state index in [9.17, 15) is 4.79 Å². The molecule has 8 nitrogen and oxygen atoms in total. The van der Waals surface area contributed by atoms with E-state index in [1.807, 2.05) is 30.0 Å². The number of nitrogens with zero attached hydrogens (tertiary/aromatic N) is 5. The van der Waals surface area contributed by atoms with Gasteiger partial charge in [0.05, 0.1) is 18.8 Å². The Balaban J connectivity index is 1.53. The van der Waals surface area contributed by atoms with Gasteiger partial charge in [0.1, 0.15) is 6.10 Å². The van der Waals surface area contributed by atoms with Crippen LogP contribution in [-0.4, -0.2) is 64.8 Å². The van der Waals surface area contributed by atoms with Crippen LogP contribution in [-0.2, 0) is 17.6 Å². The molecule has 2 aliphatic rings. The lowest BCUT2D eigenvalue weighted by Gasteiger charge is -2.32. The molecule has 1 unspecified atom stereocenters. The van der Waals surface area contributed by atoms with Gasteiger partial charge in [0.25, 0.3) is 5.91 Å². The van der Waals surface area contributed by atoms with Gasteiger partial charge in [0.15, 0.2) is 5.69 Å². The highest BCUT2D eigenvalue weighted by molar-refractivity contribution is 5.94. The van der Waals surface area contributed by atoms with Crippen LogP contribution in [0.2, 0.25) is 0 Å². The van der Waals surface area contributed by atoms with Crippen molar-refractivity contribution in [3.63, 3.8) is 0 Å². The molecule has 132 valence electrons. The Labute approximate surface area is 146 Å². The molecule has 0 aromatic carbocycles. The number of aromatic amines is 1. The third-order valence-corrected chi connectivity index (χ3v) is 4.76. The van der Waals surface area contributed by atoms with Gasteiger partial charge in [0, 0.05) is 38.1 Å². The van der Waals surface area contributed by atoms with E-state index in [-0.39, 0.29) is 12.0 Å². The predicted octanol–water partition coefficient (Wildman–Crippen LogP) is 0.968. The van der Waals surface area contributed by atoms with Crippen LogP contribution in [0.1, 0.15) is 40.0 Å². The van der Waals surface area contributed by atoms with Gasteiger partial charge in [-0.3, -0.25) is 9.89 Å². The highest BCUT2D eigenvalue weighted by atomic mass is 16.5. The zero-order valence-electron chi connectivity index (χ0n) is 14.5. The number of amides is 1. The minimum Gasteiger partial charge on any atom is -0.368 e. The number of carbonyl (C=O) groups excluding carboxylic acids is 1. The summed E-state index contributed by atoms with van der Waals surface area (Å²) in [6.45, 7) is 1.54. The molecule has 2 aromatic rings. The number of rotatable bonds is 3. The minimum absolute atomic E-state index is 0.0189. The molecule has 1 fully saturated rings. The molecule has 1 atom stereocenters. The highest BCUT2D eigenvalue weighted by Crippen LogP contribution is 2.26. The third-order valence-electron chi connectivity index (χ3n) is 4.76. The number of nitrogens with one attached hydrogen (secondary N) is 1. The Morgan fingerprint density at radius 1 is 1.40 bits per heavy atom. The summed E-state index contributed by atoms with van der Waals surface area (Å²) in [6.07, 6.45) is 4.48. The molecule has 4 rings (SSSR count). The quantitative estimate of drug-likeness (QED) is 0.894. The molecule has 25 heavy (non-hydrogen) atoms. The van der Waals surface area contributed by atoms with E-state index in [2.05, 4.69) is 20.2 Å². The standard InChI is InChI=1S/C17H22N6O2/c1-22(2)17-18-7-6-13(19-17)14-10-23(8-9-25-14)16(24)15-11-4-3-5-12(11)20-21-15/h6-7,14H,3-5,8-10H2,1-2H3,(H,20,21). The summed E-state index contributed by atoms with van der Waals surface area (Å²) in [5.74, 6) is 0.615. The van der Waals surface area contributed by atoms with Crippen molar-refractivity contribution in [2.75, 3.05) is 38.7 Å². The second-order valence-corrected chi connectivity index (χ2v) is 6.67. The van der Waals surface area contributed by atoms with E-state index in [1.165, 1.54) is 0 Å². The van der Waals surface area contributed by atoms with Crippen molar-refractivity contribution in [1.82, 2.24) is 25.1 Å². The van der Waals surface area contributed by atoms with Gasteiger partial charge in [0.2, 0.25) is 5.95 Å². The fourth-order valence-corrected chi connectivity index (χ4v) is 3.42. The molecular weight excluding hydrogens is 320 g/mol. The van der Waals surface area contributed by atoms with E-state index in [0.29, 0.717) is 31.3 Å². The maximum Gasteiger partial charge on any atom is 0.274 e. The van der Waals surface area contributed by atoms with Gasteiger partial charge in [-0.05, 0) is 25.3 Å². The van der Waals surface area contributed by atoms with Crippen molar-refractivity contribution in [2.24, 2.45) is 0 Å². The summed E-state index contributed by atoms with van der Waals surface area (Å²) in [4.78, 5) is 25.4. The zero-order valence-corrected chi connectivity index (χ0v) is 14.5. The number of ether oxygens (including phenoxy) is 1. The molecule has 1 aliphatic heterocycles. The Morgan fingerprint density at radius 2 is 2.28 bits per heavy atom. The normalized spacial score (nSPS) is 19.8. The van der Waals surface area contributed by atoms with Gasteiger partial charge in [-0.2, -0.15) is 5.10 Å². The third kappa shape index (κ3) is 2.97. The Bertz CT molecular complexity index is 787. The average molecular weight is 342 g/mol. The van der Waals surface area contributed by atoms with Crippen molar-refractivity contribution < 1.29 is 9.53 Å². The van der Waals surface area contributed by atoms with Crippen LogP contribution in [0.5, 0.6) is 0 Å². The summed E-state index contributed by atoms with van der Waals surface area (Å²) in [6, 6.07) is 1.85. The van der Waals surface area contributed by atoms with Gasteiger partial charge in [-0.1, -0.05) is 0 Å². The minimum atomic E-state index is -0.244. The first-order chi connectivity index (χ1) is 12.1. The zero-order chi connectivity index (χ0) is 17.4. The van der Waals surface area contributed by atoms with Crippen molar-refractivity contribution in [1.29, 1.82) is 0 Å². The van der Waals surface area contributed by atoms with E-state index in [1.54, 1.807) is 6.20 Å². The molecule has 8 heteroatoms. The highest BCUT2D eigenvalue weighted by Gasteiger charge is 2.31. The second kappa shape index (κ2) is 6.44. The Hall–Kier alpha value is -2.48. The summed E-state index contributed by atoms with van der Waals surface area (Å²) < 4.78 is 5.86. The number of hydrogen-bond donors (Lipinski definition) is 1. The SMILES string of the molecule is CN(C)c1nccc(C2CN(C(=O)c3n[nH]c4c3CCC4)CCO2)n1. The van der Waals surface area contributed by atoms with E-state index >= 15 is 0 Å². The van der Waals surface area contributed by atoms with Crippen molar-refractivity contribution >= 4 is 11.9 Å².